The summed E-state index contributed by atoms with van der Waals surface area (Å²) >= 11 is 0. The van der Waals surface area contributed by atoms with E-state index in [1.165, 1.54) is 49.5 Å². The Kier molecular flexibility index (Phi) is 7.13. The number of fused-ring (bicyclic) bond motifs is 1. The van der Waals surface area contributed by atoms with E-state index in [-0.39, 0.29) is 39.4 Å². The molecule has 1 aliphatic carbocycles. The second kappa shape index (κ2) is 10.6. The molecular weight excluding hydrogens is 542 g/mol. The van der Waals surface area contributed by atoms with Crippen molar-refractivity contribution in [2.45, 2.75) is 31.0 Å². The highest BCUT2D eigenvalue weighted by atomic mass is 19.4. The number of carbonyl (C=O) groups excluding carboxylic acids is 2. The number of carbonyl (C=O) groups is 2. The van der Waals surface area contributed by atoms with Crippen molar-refractivity contribution in [3.05, 3.63) is 71.5 Å². The molecule has 4 aromatic rings. The third kappa shape index (κ3) is 5.56. The van der Waals surface area contributed by atoms with Crippen LogP contribution >= 0.6 is 0 Å². The zero-order valence-electron chi connectivity index (χ0n) is 21.7. The monoisotopic (exact) mass is 565 g/mol. The maximum Gasteiger partial charge on any atom is 0.405 e. The molecule has 2 aromatic heterocycles. The van der Waals surface area contributed by atoms with Gasteiger partial charge in [-0.05, 0) is 67.3 Å². The number of nitriles is 1. The zero-order valence-corrected chi connectivity index (χ0v) is 21.7. The number of hydrogen-bond acceptors (Lipinski definition) is 6. The van der Waals surface area contributed by atoms with E-state index in [0.29, 0.717) is 24.0 Å². The predicted molar refractivity (Wildman–Crippen MR) is 142 cm³/mol. The fraction of sp³-hybridized carbons (Fsp3) is 0.241. The number of anilines is 1. The van der Waals surface area contributed by atoms with Crippen LogP contribution in [0.2, 0.25) is 0 Å². The first-order valence-electron chi connectivity index (χ1n) is 12.6. The van der Waals surface area contributed by atoms with Gasteiger partial charge >= 0.3 is 6.18 Å². The third-order valence-corrected chi connectivity index (χ3v) is 6.91. The quantitative estimate of drug-likeness (QED) is 0.243. The van der Waals surface area contributed by atoms with Gasteiger partial charge in [0.25, 0.3) is 11.8 Å². The second-order valence-corrected chi connectivity index (χ2v) is 9.68. The van der Waals surface area contributed by atoms with Gasteiger partial charge in [-0.15, -0.1) is 0 Å². The summed E-state index contributed by atoms with van der Waals surface area (Å²) in [7, 11) is 1.40. The van der Waals surface area contributed by atoms with Gasteiger partial charge in [-0.2, -0.15) is 23.4 Å². The highest BCUT2D eigenvalue weighted by Gasteiger charge is 2.39. The molecule has 1 saturated carbocycles. The minimum atomic E-state index is -4.57. The van der Waals surface area contributed by atoms with Gasteiger partial charge in [-0.3, -0.25) is 9.59 Å². The van der Waals surface area contributed by atoms with Crippen molar-refractivity contribution < 1.29 is 31.6 Å². The fourth-order valence-electron chi connectivity index (χ4n) is 4.63. The van der Waals surface area contributed by atoms with Crippen molar-refractivity contribution in [3.63, 3.8) is 0 Å². The van der Waals surface area contributed by atoms with Crippen LogP contribution in [0, 0.1) is 17.1 Å². The molecule has 1 fully saturated rings. The number of rotatable bonds is 7. The Balaban J connectivity index is 1.65. The molecule has 0 bridgehead atoms. The summed E-state index contributed by atoms with van der Waals surface area (Å²) in [5.41, 5.74) is 0.0526. The summed E-state index contributed by atoms with van der Waals surface area (Å²) in [6, 6.07) is 14.9. The molecule has 0 saturated heterocycles. The molecule has 3 N–H and O–H groups in total. The molecule has 1 aliphatic rings. The van der Waals surface area contributed by atoms with Crippen molar-refractivity contribution in [2.24, 2.45) is 0 Å². The van der Waals surface area contributed by atoms with Crippen LogP contribution in [0.4, 0.5) is 23.4 Å². The fourth-order valence-corrected chi connectivity index (χ4v) is 4.63. The first kappa shape index (κ1) is 27.6. The van der Waals surface area contributed by atoms with Gasteiger partial charge in [-0.25, -0.2) is 4.39 Å². The summed E-state index contributed by atoms with van der Waals surface area (Å²) in [6.07, 6.45) is -2.70. The molecule has 2 aromatic carbocycles. The van der Waals surface area contributed by atoms with E-state index in [4.69, 9.17) is 4.42 Å². The van der Waals surface area contributed by atoms with Gasteiger partial charge in [0.15, 0.2) is 0 Å². The minimum absolute atomic E-state index is 0.0556. The normalized spacial score (nSPS) is 14.1. The minimum Gasteiger partial charge on any atom is -0.437 e. The second-order valence-electron chi connectivity index (χ2n) is 9.68. The summed E-state index contributed by atoms with van der Waals surface area (Å²) in [5.74, 6) is -1.70. The van der Waals surface area contributed by atoms with Gasteiger partial charge < -0.3 is 20.4 Å². The number of hydrogen-bond donors (Lipinski definition) is 3. The maximum absolute atomic E-state index is 13.6. The molecule has 0 aliphatic heterocycles. The summed E-state index contributed by atoms with van der Waals surface area (Å²) in [6.45, 7) is -1.41. The predicted octanol–water partition coefficient (Wildman–Crippen LogP) is 5.81. The lowest BCUT2D eigenvalue weighted by molar-refractivity contribution is -0.115. The van der Waals surface area contributed by atoms with Crippen molar-refractivity contribution in [2.75, 3.05) is 18.9 Å². The van der Waals surface area contributed by atoms with Crippen LogP contribution in [-0.4, -0.2) is 42.1 Å². The first-order chi connectivity index (χ1) is 19.5. The number of aromatic nitrogens is 1. The van der Waals surface area contributed by atoms with Crippen LogP contribution in [-0.2, 0) is 0 Å². The molecule has 8 nitrogen and oxygen atoms in total. The van der Waals surface area contributed by atoms with Crippen LogP contribution in [0.15, 0.2) is 59.0 Å². The number of amides is 2. The smallest absolute Gasteiger partial charge is 0.405 e. The topological polar surface area (TPSA) is 120 Å². The number of alkyl halides is 3. The molecular formula is C29H23F4N5O3. The van der Waals surface area contributed by atoms with Crippen LogP contribution < -0.4 is 16.0 Å². The van der Waals surface area contributed by atoms with Crippen LogP contribution in [0.1, 0.15) is 40.0 Å². The lowest BCUT2D eigenvalue weighted by Gasteiger charge is -2.35. The number of nitrogens with zero attached hydrogens (tertiary/aromatic N) is 2. The highest BCUT2D eigenvalue weighted by molar-refractivity contribution is 6.11. The van der Waals surface area contributed by atoms with Crippen molar-refractivity contribution in [1.29, 1.82) is 5.26 Å². The molecule has 0 radical (unpaired) electrons. The van der Waals surface area contributed by atoms with Crippen LogP contribution in [0.5, 0.6) is 0 Å². The summed E-state index contributed by atoms with van der Waals surface area (Å²) < 4.78 is 59.0. The first-order valence-corrected chi connectivity index (χ1v) is 12.6. The molecule has 5 rings (SSSR count). The average Bonchev–Trinajstić information content (AvgIpc) is 3.31. The van der Waals surface area contributed by atoms with Gasteiger partial charge in [-0.1, -0.05) is 12.1 Å². The molecule has 0 spiro atoms. The van der Waals surface area contributed by atoms with E-state index < -0.39 is 35.9 Å². The number of pyridine rings is 1. The molecule has 2 heterocycles. The van der Waals surface area contributed by atoms with Crippen molar-refractivity contribution in [3.8, 4) is 28.5 Å². The number of halogens is 4. The Morgan fingerprint density at radius 3 is 2.41 bits per heavy atom. The number of benzene rings is 2. The SMILES string of the molecule is CNC(=O)c1c(-c2ccc(F)cc2)oc2nc(NCC(F)(F)F)c(-c3cccc(C(=O)NC4(C#N)CCC4)c3)cc12. The van der Waals surface area contributed by atoms with Gasteiger partial charge in [0, 0.05) is 23.7 Å². The van der Waals surface area contributed by atoms with E-state index in [9.17, 15) is 32.4 Å². The molecule has 12 heteroatoms. The highest BCUT2D eigenvalue weighted by Crippen LogP contribution is 2.38. The molecule has 0 atom stereocenters. The molecule has 210 valence electrons. The Hall–Kier alpha value is -4.92. The van der Waals surface area contributed by atoms with Crippen LogP contribution in [0.25, 0.3) is 33.6 Å². The van der Waals surface area contributed by atoms with E-state index in [0.717, 1.165) is 6.42 Å². The van der Waals surface area contributed by atoms with Gasteiger partial charge in [0.05, 0.1) is 17.0 Å². The lowest BCUT2D eigenvalue weighted by Crippen LogP contribution is -2.52. The number of furan rings is 1. The Morgan fingerprint density at radius 1 is 1.07 bits per heavy atom. The van der Waals surface area contributed by atoms with Gasteiger partial charge in [0.2, 0.25) is 5.71 Å². The average molecular weight is 566 g/mol. The van der Waals surface area contributed by atoms with E-state index in [2.05, 4.69) is 27.0 Å². The van der Waals surface area contributed by atoms with Crippen molar-refractivity contribution in [1.82, 2.24) is 15.6 Å². The Morgan fingerprint density at radius 2 is 1.80 bits per heavy atom. The lowest BCUT2D eigenvalue weighted by atomic mass is 9.78. The van der Waals surface area contributed by atoms with Gasteiger partial charge in [0.1, 0.15) is 29.5 Å². The molecule has 41 heavy (non-hydrogen) atoms. The zero-order chi connectivity index (χ0) is 29.4. The third-order valence-electron chi connectivity index (χ3n) is 6.91. The Bertz CT molecular complexity index is 1690. The summed E-state index contributed by atoms with van der Waals surface area (Å²) in [5, 5.41) is 17.2. The van der Waals surface area contributed by atoms with Crippen LogP contribution in [0.3, 0.4) is 0 Å². The van der Waals surface area contributed by atoms with Crippen molar-refractivity contribution >= 4 is 28.7 Å². The largest absolute Gasteiger partial charge is 0.437 e. The molecule has 0 unspecified atom stereocenters. The van der Waals surface area contributed by atoms with E-state index >= 15 is 0 Å². The molecule has 2 amide bonds. The number of nitrogens with one attached hydrogen (secondary N) is 3. The Labute approximate surface area is 231 Å². The van der Waals surface area contributed by atoms with E-state index in [1.54, 1.807) is 12.1 Å². The standard InChI is InChI=1S/C29H23F4N5O3/c1-35-26(40)22-21-13-20(17-4-2-5-18(12-17)25(39)38-28(14-34)10-3-11-28)24(36-15-29(31,32)33)37-27(21)41-23(22)16-6-8-19(30)9-7-16/h2,4-9,12-13H,3,10-11,15H2,1H3,(H,35,40)(H,36,37)(H,38,39). The summed E-state index contributed by atoms with van der Waals surface area (Å²) in [4.78, 5) is 30.2. The maximum atomic E-state index is 13.6. The van der Waals surface area contributed by atoms with E-state index in [1.807, 2.05) is 0 Å².